The molecular formula is C34H62NO7P. The second-order valence-electron chi connectivity index (χ2n) is 14.6. The number of phosphoric acid groups is 1. The van der Waals surface area contributed by atoms with E-state index >= 15 is 0 Å². The van der Waals surface area contributed by atoms with Crippen LogP contribution in [-0.4, -0.2) is 48.6 Å². The van der Waals surface area contributed by atoms with Crippen molar-refractivity contribution in [2.75, 3.05) is 20.3 Å². The molecule has 2 fully saturated rings. The first kappa shape index (κ1) is 36.5. The van der Waals surface area contributed by atoms with E-state index in [1.54, 1.807) is 0 Å². The van der Waals surface area contributed by atoms with E-state index in [9.17, 15) is 19.4 Å². The average molecular weight is 628 g/mol. The zero-order valence-electron chi connectivity index (χ0n) is 27.9. The van der Waals surface area contributed by atoms with E-state index in [0.29, 0.717) is 12.3 Å². The molecule has 1 amide bonds. The Morgan fingerprint density at radius 1 is 1.12 bits per heavy atom. The van der Waals surface area contributed by atoms with Gasteiger partial charge in [-0.2, -0.15) is 0 Å². The van der Waals surface area contributed by atoms with E-state index in [0.717, 1.165) is 62.4 Å². The number of hydrogen-bond acceptors (Lipinski definition) is 6. The van der Waals surface area contributed by atoms with Crippen LogP contribution in [0.15, 0.2) is 11.6 Å². The van der Waals surface area contributed by atoms with Crippen molar-refractivity contribution in [2.24, 2.45) is 40.9 Å². The maximum absolute atomic E-state index is 12.5. The molecule has 3 N–H and O–H groups in total. The zero-order valence-corrected chi connectivity index (χ0v) is 28.8. The first-order valence-electron chi connectivity index (χ1n) is 17.2. The van der Waals surface area contributed by atoms with Crippen molar-refractivity contribution < 1.29 is 33.1 Å². The Bertz CT molecular complexity index is 942. The second-order valence-corrected chi connectivity index (χ2v) is 16.2. The van der Waals surface area contributed by atoms with Crippen molar-refractivity contribution in [3.8, 4) is 0 Å². The minimum absolute atomic E-state index is 0.109. The first-order chi connectivity index (χ1) is 20.3. The van der Waals surface area contributed by atoms with Gasteiger partial charge in [0.2, 0.25) is 0 Å². The van der Waals surface area contributed by atoms with E-state index in [1.165, 1.54) is 56.9 Å². The normalized spacial score (nSPS) is 32.6. The number of rotatable bonds is 14. The van der Waals surface area contributed by atoms with E-state index in [1.807, 2.05) is 0 Å². The fourth-order valence-corrected chi connectivity index (χ4v) is 8.83. The molecule has 3 rings (SSSR count). The summed E-state index contributed by atoms with van der Waals surface area (Å²) < 4.78 is 26.2. The number of ether oxygens (including phenoxy) is 1. The number of amides is 1. The van der Waals surface area contributed by atoms with Gasteiger partial charge in [-0.05, 0) is 92.3 Å². The molecule has 0 saturated heterocycles. The summed E-state index contributed by atoms with van der Waals surface area (Å²) in [6.45, 7) is 12.4. The summed E-state index contributed by atoms with van der Waals surface area (Å²) in [5.74, 6) is 4.73. The molecule has 43 heavy (non-hydrogen) atoms. The van der Waals surface area contributed by atoms with Crippen molar-refractivity contribution in [3.63, 3.8) is 0 Å². The summed E-state index contributed by atoms with van der Waals surface area (Å²) in [5, 5.41) is 12.8. The molecule has 2 saturated carbocycles. The summed E-state index contributed by atoms with van der Waals surface area (Å²) in [7, 11) is -2.95. The van der Waals surface area contributed by atoms with Crippen molar-refractivity contribution in [2.45, 2.75) is 137 Å². The lowest BCUT2D eigenvalue weighted by molar-refractivity contribution is 0.0283. The smallest absolute Gasteiger partial charge is 0.446 e. The van der Waals surface area contributed by atoms with Crippen LogP contribution in [0, 0.1) is 40.9 Å². The van der Waals surface area contributed by atoms with Gasteiger partial charge in [0.1, 0.15) is 6.10 Å². The van der Waals surface area contributed by atoms with E-state index in [-0.39, 0.29) is 31.1 Å². The van der Waals surface area contributed by atoms with Crippen LogP contribution in [0.2, 0.25) is 0 Å². The number of phosphoric ester groups is 1. The van der Waals surface area contributed by atoms with Gasteiger partial charge < -0.3 is 20.1 Å². The molecule has 0 radical (unpaired) electrons. The minimum atomic E-state index is -4.04. The van der Waals surface area contributed by atoms with Gasteiger partial charge in [-0.1, -0.05) is 78.4 Å². The minimum Gasteiger partial charge on any atom is -0.446 e. The van der Waals surface area contributed by atoms with Crippen molar-refractivity contribution in [1.82, 2.24) is 5.32 Å². The van der Waals surface area contributed by atoms with E-state index < -0.39 is 20.0 Å². The Labute approximate surface area is 261 Å². The number of fused-ring (bicyclic) bond motifs is 3. The molecule has 0 bridgehead atoms. The number of nitrogens with one attached hydrogen (secondary N) is 1. The Balaban J connectivity index is 1.46. The van der Waals surface area contributed by atoms with Crippen LogP contribution in [0.1, 0.15) is 125 Å². The third-order valence-electron chi connectivity index (χ3n) is 11.1. The Morgan fingerprint density at radius 2 is 1.88 bits per heavy atom. The highest BCUT2D eigenvalue weighted by Crippen LogP contribution is 2.56. The lowest BCUT2D eigenvalue weighted by atomic mass is 9.55. The molecule has 9 atom stereocenters. The van der Waals surface area contributed by atoms with Crippen LogP contribution in [0.4, 0.5) is 4.79 Å². The van der Waals surface area contributed by atoms with Gasteiger partial charge in [0, 0.05) is 20.1 Å². The Kier molecular flexibility index (Phi) is 14.6. The molecule has 9 heteroatoms. The fraction of sp³-hybridized carbons (Fsp3) is 0.912. The molecule has 0 heterocycles. The van der Waals surface area contributed by atoms with Crippen molar-refractivity contribution in [3.05, 3.63) is 11.6 Å². The number of alkyl carbamates (subject to hydrolysis) is 1. The standard InChI is InChI=1S/C34H62NO7P/c1-24(2)9-7-10-25(3)31-12-8-11-27-14-15-28-23-30(17-20-34(28,5)32(27)16-13-26(31)4)42-33(37)35-21-18-29(36)19-22-41-43(38,39)40-6/h15,24-27,29-32,36H,7-14,16-23H2,1-6H3,(H,35,37)(H,38,39)/t25-,26-,27?,29?,30?,31+,32?,34-/m0/s1. The summed E-state index contributed by atoms with van der Waals surface area (Å²) in [6.07, 6.45) is 16.4. The maximum Gasteiger partial charge on any atom is 0.471 e. The largest absolute Gasteiger partial charge is 0.471 e. The summed E-state index contributed by atoms with van der Waals surface area (Å²) in [6, 6.07) is 0. The molecule has 250 valence electrons. The van der Waals surface area contributed by atoms with Gasteiger partial charge in [0.05, 0.1) is 12.7 Å². The molecular weight excluding hydrogens is 565 g/mol. The zero-order chi connectivity index (χ0) is 31.6. The van der Waals surface area contributed by atoms with Crippen LogP contribution >= 0.6 is 7.82 Å². The number of aliphatic hydroxyl groups is 1. The molecule has 5 unspecified atom stereocenters. The maximum atomic E-state index is 12.5. The first-order valence-corrected chi connectivity index (χ1v) is 18.7. The third kappa shape index (κ3) is 11.1. The average Bonchev–Trinajstić information content (AvgIpc) is 3.02. The summed E-state index contributed by atoms with van der Waals surface area (Å²) in [4.78, 5) is 21.8. The van der Waals surface area contributed by atoms with Crippen molar-refractivity contribution in [1.29, 1.82) is 0 Å². The number of hydrogen-bond donors (Lipinski definition) is 3. The number of aliphatic hydroxyl groups excluding tert-OH is 1. The van der Waals surface area contributed by atoms with Gasteiger partial charge in [0.25, 0.3) is 0 Å². The molecule has 0 aromatic heterocycles. The predicted molar refractivity (Wildman–Crippen MR) is 172 cm³/mol. The predicted octanol–water partition coefficient (Wildman–Crippen LogP) is 8.42. The SMILES string of the molecule is COP(=O)(O)OCCC(O)CCNC(=O)OC1CC[C@@]2(C)C(=CCC3CCC[C@H]([C@@H](C)CCCC(C)C)[C@@H](C)CCC32)C1. The van der Waals surface area contributed by atoms with Gasteiger partial charge in [-0.3, -0.25) is 9.05 Å². The highest BCUT2D eigenvalue weighted by molar-refractivity contribution is 7.47. The van der Waals surface area contributed by atoms with Crippen LogP contribution in [-0.2, 0) is 18.3 Å². The number of carbonyl (C=O) groups excluding carboxylic acids is 1. The molecule has 0 spiro atoms. The second kappa shape index (κ2) is 17.1. The highest BCUT2D eigenvalue weighted by Gasteiger charge is 2.47. The highest BCUT2D eigenvalue weighted by atomic mass is 31.2. The lowest BCUT2D eigenvalue weighted by Crippen LogP contribution is -2.43. The topological polar surface area (TPSA) is 114 Å². The van der Waals surface area contributed by atoms with E-state index in [4.69, 9.17) is 9.26 Å². The summed E-state index contributed by atoms with van der Waals surface area (Å²) in [5.41, 5.74) is 1.70. The van der Waals surface area contributed by atoms with Crippen LogP contribution in [0.25, 0.3) is 0 Å². The molecule has 3 aliphatic rings. The van der Waals surface area contributed by atoms with Gasteiger partial charge >= 0.3 is 13.9 Å². The number of carbonyl (C=O) groups is 1. The number of allylic oxidation sites excluding steroid dienone is 1. The van der Waals surface area contributed by atoms with Crippen LogP contribution < -0.4 is 5.32 Å². The lowest BCUT2D eigenvalue weighted by Gasteiger charge is -2.51. The van der Waals surface area contributed by atoms with Crippen LogP contribution in [0.3, 0.4) is 0 Å². The molecule has 0 aromatic rings. The van der Waals surface area contributed by atoms with Gasteiger partial charge in [0.15, 0.2) is 0 Å². The molecule has 0 aliphatic heterocycles. The van der Waals surface area contributed by atoms with E-state index in [2.05, 4.69) is 50.5 Å². The van der Waals surface area contributed by atoms with Gasteiger partial charge in [-0.15, -0.1) is 0 Å². The molecule has 0 aromatic carbocycles. The monoisotopic (exact) mass is 627 g/mol. The molecule has 8 nitrogen and oxygen atoms in total. The van der Waals surface area contributed by atoms with Gasteiger partial charge in [-0.25, -0.2) is 9.36 Å². The molecule has 3 aliphatic carbocycles. The quantitative estimate of drug-likeness (QED) is 0.131. The van der Waals surface area contributed by atoms with Crippen LogP contribution in [0.5, 0.6) is 0 Å². The summed E-state index contributed by atoms with van der Waals surface area (Å²) >= 11 is 0. The van der Waals surface area contributed by atoms with Crippen molar-refractivity contribution >= 4 is 13.9 Å². The Hall–Kier alpha value is -0.920. The Morgan fingerprint density at radius 3 is 2.60 bits per heavy atom. The third-order valence-corrected chi connectivity index (χ3v) is 12.1. The fourth-order valence-electron chi connectivity index (χ4n) is 8.39.